The molecule has 0 radical (unpaired) electrons. The number of hydrogen-bond acceptors (Lipinski definition) is 6. The van der Waals surface area contributed by atoms with Crippen molar-refractivity contribution in [2.75, 3.05) is 17.2 Å². The molecular formula is C28H24F2N6O3. The molecule has 9 nitrogen and oxygen atoms in total. The summed E-state index contributed by atoms with van der Waals surface area (Å²) in [4.78, 5) is 36.4. The molecule has 11 heteroatoms. The van der Waals surface area contributed by atoms with Crippen LogP contribution in [-0.2, 0) is 11.3 Å². The van der Waals surface area contributed by atoms with E-state index in [2.05, 4.69) is 30.9 Å². The third kappa shape index (κ3) is 5.93. The quantitative estimate of drug-likeness (QED) is 0.238. The number of aromatic amines is 1. The number of nitrogens with one attached hydrogen (secondary N) is 4. The smallest absolute Gasteiger partial charge is 0.256 e. The minimum absolute atomic E-state index is 0.0245. The van der Waals surface area contributed by atoms with E-state index in [0.717, 1.165) is 23.4 Å². The molecule has 0 saturated heterocycles. The Labute approximate surface area is 222 Å². The third-order valence-corrected chi connectivity index (χ3v) is 5.97. The van der Waals surface area contributed by atoms with Gasteiger partial charge in [0.05, 0.1) is 41.1 Å². The summed E-state index contributed by atoms with van der Waals surface area (Å²) in [6.45, 7) is 2.14. The highest BCUT2D eigenvalue weighted by atomic mass is 19.2. The van der Waals surface area contributed by atoms with Gasteiger partial charge in [-0.05, 0) is 55.0 Å². The molecule has 5 rings (SSSR count). The van der Waals surface area contributed by atoms with E-state index < -0.39 is 17.5 Å². The largest absolute Gasteiger partial charge is 0.491 e. The number of H-pyrrole nitrogens is 1. The number of hydrogen-bond donors (Lipinski definition) is 4. The van der Waals surface area contributed by atoms with Gasteiger partial charge in [-0.2, -0.15) is 0 Å². The van der Waals surface area contributed by atoms with Gasteiger partial charge in [0.25, 0.3) is 11.8 Å². The van der Waals surface area contributed by atoms with Crippen LogP contribution in [0, 0.1) is 11.6 Å². The number of rotatable bonds is 9. The molecule has 198 valence electrons. The number of ether oxygens (including phenoxy) is 1. The summed E-state index contributed by atoms with van der Waals surface area (Å²) in [7, 11) is 0. The van der Waals surface area contributed by atoms with E-state index in [4.69, 9.17) is 4.74 Å². The molecule has 2 aromatic heterocycles. The number of fused-ring (bicyclic) bond motifs is 1. The molecule has 0 spiro atoms. The van der Waals surface area contributed by atoms with E-state index in [9.17, 15) is 18.4 Å². The van der Waals surface area contributed by atoms with Gasteiger partial charge in [-0.1, -0.05) is 6.07 Å². The number of carbonyl (C=O) groups excluding carboxylic acids is 2. The summed E-state index contributed by atoms with van der Waals surface area (Å²) in [5, 5.41) is 8.71. The first-order valence-corrected chi connectivity index (χ1v) is 12.1. The normalized spacial score (nSPS) is 14.0. The number of anilines is 2. The zero-order chi connectivity index (χ0) is 27.4. The van der Waals surface area contributed by atoms with Crippen LogP contribution in [0.25, 0.3) is 11.6 Å². The summed E-state index contributed by atoms with van der Waals surface area (Å²) in [6, 6.07) is 11.8. The monoisotopic (exact) mass is 530 g/mol. The number of aromatic nitrogens is 3. The van der Waals surface area contributed by atoms with E-state index in [1.807, 2.05) is 13.0 Å². The van der Waals surface area contributed by atoms with Crippen LogP contribution >= 0.6 is 0 Å². The lowest BCUT2D eigenvalue weighted by molar-refractivity contribution is -0.110. The van der Waals surface area contributed by atoms with Crippen LogP contribution in [0.2, 0.25) is 0 Å². The lowest BCUT2D eigenvalue weighted by Gasteiger charge is -2.18. The fourth-order valence-corrected chi connectivity index (χ4v) is 4.03. The van der Waals surface area contributed by atoms with Crippen molar-refractivity contribution >= 4 is 35.0 Å². The highest BCUT2D eigenvalue weighted by Crippen LogP contribution is 2.35. The molecule has 2 aromatic carbocycles. The Morgan fingerprint density at radius 1 is 1.15 bits per heavy atom. The van der Waals surface area contributed by atoms with Gasteiger partial charge in [0.15, 0.2) is 11.6 Å². The van der Waals surface area contributed by atoms with Crippen LogP contribution in [0.3, 0.4) is 0 Å². The maximum absolute atomic E-state index is 13.5. The first-order valence-electron chi connectivity index (χ1n) is 12.1. The number of pyridine rings is 1. The highest BCUT2D eigenvalue weighted by molar-refractivity contribution is 6.34. The molecule has 1 atom stereocenters. The molecule has 0 saturated carbocycles. The number of amides is 2. The SMILES string of the molecule is C[C@H](COc1ccc2c(c1)NC(=O)/C2=C\c1cnc[nH]1)Nc1ncccc1C(=O)NCc1ccc(F)c(F)c1. The van der Waals surface area contributed by atoms with Gasteiger partial charge < -0.3 is 25.7 Å². The van der Waals surface area contributed by atoms with Gasteiger partial charge in [0.1, 0.15) is 18.2 Å². The van der Waals surface area contributed by atoms with Gasteiger partial charge in [-0.15, -0.1) is 0 Å². The predicted molar refractivity (Wildman–Crippen MR) is 142 cm³/mol. The summed E-state index contributed by atoms with van der Waals surface area (Å²) in [5.74, 6) is -1.64. The maximum Gasteiger partial charge on any atom is 0.256 e. The van der Waals surface area contributed by atoms with E-state index in [-0.39, 0.29) is 25.1 Å². The van der Waals surface area contributed by atoms with E-state index in [0.29, 0.717) is 34.0 Å². The summed E-state index contributed by atoms with van der Waals surface area (Å²) >= 11 is 0. The molecule has 4 N–H and O–H groups in total. The zero-order valence-corrected chi connectivity index (χ0v) is 20.8. The van der Waals surface area contributed by atoms with Crippen LogP contribution in [0.15, 0.2) is 67.3 Å². The summed E-state index contributed by atoms with van der Waals surface area (Å²) < 4.78 is 32.5. The first kappa shape index (κ1) is 25.6. The molecule has 1 aliphatic heterocycles. The molecule has 1 aliphatic rings. The van der Waals surface area contributed by atoms with Gasteiger partial charge in [0.2, 0.25) is 0 Å². The Hall–Kier alpha value is -5.06. The topological polar surface area (TPSA) is 121 Å². The number of carbonyl (C=O) groups is 2. The van der Waals surface area contributed by atoms with Crippen LogP contribution in [0.1, 0.15) is 34.1 Å². The molecule has 0 fully saturated rings. The van der Waals surface area contributed by atoms with Gasteiger partial charge in [0, 0.05) is 24.4 Å². The number of halogens is 2. The second-order valence-corrected chi connectivity index (χ2v) is 8.91. The average Bonchev–Trinajstić information content (AvgIpc) is 3.55. The van der Waals surface area contributed by atoms with Crippen molar-refractivity contribution in [1.29, 1.82) is 0 Å². The fraction of sp³-hybridized carbons (Fsp3) is 0.143. The number of nitrogens with zero attached hydrogens (tertiary/aromatic N) is 2. The summed E-state index contributed by atoms with van der Waals surface area (Å²) in [5.41, 5.74) is 3.39. The predicted octanol–water partition coefficient (Wildman–Crippen LogP) is 4.39. The molecule has 0 aliphatic carbocycles. The van der Waals surface area contributed by atoms with Crippen LogP contribution < -0.4 is 20.7 Å². The lowest BCUT2D eigenvalue weighted by Crippen LogP contribution is -2.28. The lowest BCUT2D eigenvalue weighted by atomic mass is 10.1. The zero-order valence-electron chi connectivity index (χ0n) is 20.8. The average molecular weight is 531 g/mol. The molecule has 4 aromatic rings. The first-order chi connectivity index (χ1) is 18.9. The Morgan fingerprint density at radius 3 is 2.82 bits per heavy atom. The van der Waals surface area contributed by atoms with Gasteiger partial charge in [-0.25, -0.2) is 18.7 Å². The van der Waals surface area contributed by atoms with Crippen molar-refractivity contribution in [3.8, 4) is 5.75 Å². The Morgan fingerprint density at radius 2 is 2.03 bits per heavy atom. The number of benzene rings is 2. The molecule has 39 heavy (non-hydrogen) atoms. The maximum atomic E-state index is 13.5. The molecular weight excluding hydrogens is 506 g/mol. The van der Waals surface area contributed by atoms with Crippen molar-refractivity contribution in [2.24, 2.45) is 0 Å². The molecule has 3 heterocycles. The minimum Gasteiger partial charge on any atom is -0.491 e. The molecule has 2 amide bonds. The second-order valence-electron chi connectivity index (χ2n) is 8.91. The summed E-state index contributed by atoms with van der Waals surface area (Å²) in [6.07, 6.45) is 6.47. The van der Waals surface area contributed by atoms with Crippen molar-refractivity contribution in [1.82, 2.24) is 20.3 Å². The van der Waals surface area contributed by atoms with Gasteiger partial charge >= 0.3 is 0 Å². The van der Waals surface area contributed by atoms with Gasteiger partial charge in [-0.3, -0.25) is 9.59 Å². The standard InChI is InChI=1S/C28H24F2N6O3/c1-16(14-39-19-5-6-20-22(10-18-13-31-15-34-18)28(38)36-25(20)11-19)35-26-21(3-2-8-32-26)27(37)33-12-17-4-7-23(29)24(30)9-17/h2-11,13,15-16H,12,14H2,1H3,(H,31,34)(H,32,35)(H,33,37)(H,36,38)/b22-10-/t16-/m1/s1. The van der Waals surface area contributed by atoms with Crippen LogP contribution in [-0.4, -0.2) is 39.4 Å². The van der Waals surface area contributed by atoms with E-state index in [1.54, 1.807) is 49.1 Å². The fourth-order valence-electron chi connectivity index (χ4n) is 4.03. The highest BCUT2D eigenvalue weighted by Gasteiger charge is 2.25. The Balaban J connectivity index is 1.19. The number of imidazole rings is 1. The van der Waals surface area contributed by atoms with Crippen molar-refractivity contribution in [3.63, 3.8) is 0 Å². The molecule has 0 bridgehead atoms. The Kier molecular flexibility index (Phi) is 7.30. The van der Waals surface area contributed by atoms with Crippen LogP contribution in [0.5, 0.6) is 5.75 Å². The minimum atomic E-state index is -0.976. The molecule has 0 unspecified atom stereocenters. The second kappa shape index (κ2) is 11.1. The third-order valence-electron chi connectivity index (χ3n) is 5.97. The van der Waals surface area contributed by atoms with Crippen molar-refractivity contribution in [3.05, 3.63) is 101 Å². The van der Waals surface area contributed by atoms with E-state index in [1.165, 1.54) is 6.07 Å². The van der Waals surface area contributed by atoms with Crippen LogP contribution in [0.4, 0.5) is 20.3 Å². The van der Waals surface area contributed by atoms with Crippen molar-refractivity contribution in [2.45, 2.75) is 19.5 Å². The van der Waals surface area contributed by atoms with E-state index >= 15 is 0 Å². The Bertz CT molecular complexity index is 1550. The van der Waals surface area contributed by atoms with Crippen molar-refractivity contribution < 1.29 is 23.1 Å².